The number of methoxy groups -OCH3 is 1. The van der Waals surface area contributed by atoms with Gasteiger partial charge in [-0.25, -0.2) is 0 Å². The molecular formula is C31H28ClNO2. The van der Waals surface area contributed by atoms with Crippen LogP contribution in [0.4, 0.5) is 0 Å². The van der Waals surface area contributed by atoms with Crippen LogP contribution in [0.1, 0.15) is 11.1 Å². The van der Waals surface area contributed by atoms with E-state index in [1.165, 1.54) is 22.1 Å². The number of allylic oxidation sites excluding steroid dienone is 2. The molecule has 1 heterocycles. The molecule has 1 aliphatic heterocycles. The molecule has 0 N–H and O–H groups in total. The van der Waals surface area contributed by atoms with Gasteiger partial charge in [0.15, 0.2) is 0 Å². The van der Waals surface area contributed by atoms with Crippen LogP contribution in [-0.2, 0) is 6.42 Å². The molecule has 0 aliphatic carbocycles. The van der Waals surface area contributed by atoms with Gasteiger partial charge in [-0.1, -0.05) is 66.2 Å². The molecule has 3 nitrogen and oxygen atoms in total. The lowest BCUT2D eigenvalue weighted by molar-refractivity contribution is 0.263. The van der Waals surface area contributed by atoms with E-state index in [9.17, 15) is 0 Å². The molecule has 0 spiro atoms. The third-order valence-corrected chi connectivity index (χ3v) is 6.54. The summed E-state index contributed by atoms with van der Waals surface area (Å²) in [4.78, 5) is 2.24. The highest BCUT2D eigenvalue weighted by Gasteiger charge is 2.12. The largest absolute Gasteiger partial charge is 0.497 e. The minimum atomic E-state index is 0.654. The summed E-state index contributed by atoms with van der Waals surface area (Å²) in [5, 5.41) is 3.11. The van der Waals surface area contributed by atoms with Crippen molar-refractivity contribution in [2.75, 3.05) is 26.8 Å². The first kappa shape index (κ1) is 23.1. The summed E-state index contributed by atoms with van der Waals surface area (Å²) in [7, 11) is 1.70. The predicted molar refractivity (Wildman–Crippen MR) is 146 cm³/mol. The summed E-state index contributed by atoms with van der Waals surface area (Å²) in [6, 6.07) is 27.1. The van der Waals surface area contributed by atoms with Crippen LogP contribution in [0.2, 0.25) is 5.02 Å². The third kappa shape index (κ3) is 5.52. The van der Waals surface area contributed by atoms with Crippen LogP contribution < -0.4 is 9.47 Å². The minimum Gasteiger partial charge on any atom is -0.497 e. The maximum absolute atomic E-state index is 6.33. The Morgan fingerprint density at radius 3 is 2.51 bits per heavy atom. The van der Waals surface area contributed by atoms with Crippen LogP contribution >= 0.6 is 11.6 Å². The molecule has 0 aromatic heterocycles. The molecule has 0 unspecified atom stereocenters. The average molecular weight is 482 g/mol. The molecule has 5 rings (SSSR count). The number of hydrogen-bond acceptors (Lipinski definition) is 3. The van der Waals surface area contributed by atoms with Gasteiger partial charge in [-0.2, -0.15) is 0 Å². The first-order valence-electron chi connectivity index (χ1n) is 11.8. The van der Waals surface area contributed by atoms with Crippen LogP contribution in [0.25, 0.3) is 21.9 Å². The lowest BCUT2D eigenvalue weighted by Gasteiger charge is -2.20. The SMILES string of the molecule is COc1ccc2c(Cc3ccc(OCCN4C=CC=CC4)cc3)c(-c3cccc(Cl)c3)ccc2c1. The number of ether oxygens (including phenoxy) is 2. The number of nitrogens with zero attached hydrogens (tertiary/aromatic N) is 1. The van der Waals surface area contributed by atoms with Crippen molar-refractivity contribution in [1.82, 2.24) is 4.90 Å². The second kappa shape index (κ2) is 10.7. The quantitative estimate of drug-likeness (QED) is 0.259. The summed E-state index contributed by atoms with van der Waals surface area (Å²) in [6.45, 7) is 2.46. The molecule has 4 aromatic rings. The van der Waals surface area contributed by atoms with Gasteiger partial charge in [0.1, 0.15) is 18.1 Å². The number of rotatable bonds is 8. The van der Waals surface area contributed by atoms with Gasteiger partial charge in [0.25, 0.3) is 0 Å². The van der Waals surface area contributed by atoms with Crippen molar-refractivity contribution >= 4 is 22.4 Å². The molecule has 0 atom stereocenters. The average Bonchev–Trinajstić information content (AvgIpc) is 2.90. The molecule has 1 aliphatic rings. The highest BCUT2D eigenvalue weighted by atomic mass is 35.5. The molecule has 0 saturated heterocycles. The third-order valence-electron chi connectivity index (χ3n) is 6.31. The highest BCUT2D eigenvalue weighted by Crippen LogP contribution is 2.35. The van der Waals surface area contributed by atoms with E-state index in [1.807, 2.05) is 24.3 Å². The van der Waals surface area contributed by atoms with Crippen molar-refractivity contribution in [2.45, 2.75) is 6.42 Å². The normalized spacial score (nSPS) is 12.8. The van der Waals surface area contributed by atoms with Crippen molar-refractivity contribution in [1.29, 1.82) is 0 Å². The van der Waals surface area contributed by atoms with Crippen molar-refractivity contribution in [3.05, 3.63) is 119 Å². The molecule has 0 saturated carbocycles. The van der Waals surface area contributed by atoms with Crippen LogP contribution in [0.5, 0.6) is 11.5 Å². The van der Waals surface area contributed by atoms with Gasteiger partial charge in [-0.15, -0.1) is 0 Å². The molecular weight excluding hydrogens is 454 g/mol. The summed E-state index contributed by atoms with van der Waals surface area (Å²) in [5.74, 6) is 1.75. The van der Waals surface area contributed by atoms with Crippen LogP contribution in [0.3, 0.4) is 0 Å². The van der Waals surface area contributed by atoms with Gasteiger partial charge in [0, 0.05) is 11.6 Å². The standard InChI is InChI=1S/C31H28ClNO2/c1-34-28-13-15-30-25(22-28)10-14-29(24-6-5-7-26(32)21-24)31(30)20-23-8-11-27(12-9-23)35-19-18-33-16-3-2-4-17-33/h2-16,21-22H,17-20H2,1H3. The summed E-state index contributed by atoms with van der Waals surface area (Å²) >= 11 is 6.33. The predicted octanol–water partition coefficient (Wildman–Crippen LogP) is 7.52. The Labute approximate surface area is 211 Å². The van der Waals surface area contributed by atoms with E-state index in [4.69, 9.17) is 21.1 Å². The molecule has 0 radical (unpaired) electrons. The van der Waals surface area contributed by atoms with E-state index >= 15 is 0 Å². The fourth-order valence-corrected chi connectivity index (χ4v) is 4.67. The van der Waals surface area contributed by atoms with Crippen molar-refractivity contribution in [2.24, 2.45) is 0 Å². The van der Waals surface area contributed by atoms with Gasteiger partial charge < -0.3 is 14.4 Å². The zero-order valence-electron chi connectivity index (χ0n) is 19.8. The Morgan fingerprint density at radius 1 is 0.886 bits per heavy atom. The maximum atomic E-state index is 6.33. The van der Waals surface area contributed by atoms with Gasteiger partial charge in [-0.3, -0.25) is 0 Å². The van der Waals surface area contributed by atoms with E-state index in [0.29, 0.717) is 6.61 Å². The molecule has 4 heteroatoms. The Bertz CT molecular complexity index is 1370. The second-order valence-electron chi connectivity index (χ2n) is 8.62. The molecule has 0 bridgehead atoms. The summed E-state index contributed by atoms with van der Waals surface area (Å²) < 4.78 is 11.4. The Morgan fingerprint density at radius 2 is 1.74 bits per heavy atom. The highest BCUT2D eigenvalue weighted by molar-refractivity contribution is 6.30. The van der Waals surface area contributed by atoms with Crippen molar-refractivity contribution < 1.29 is 9.47 Å². The number of hydrogen-bond donors (Lipinski definition) is 0. The van der Waals surface area contributed by atoms with E-state index in [1.54, 1.807) is 7.11 Å². The zero-order chi connectivity index (χ0) is 24.0. The van der Waals surface area contributed by atoms with E-state index in [0.717, 1.165) is 47.0 Å². The molecule has 0 fully saturated rings. The fourth-order valence-electron chi connectivity index (χ4n) is 4.48. The van der Waals surface area contributed by atoms with Crippen LogP contribution in [0.15, 0.2) is 103 Å². The van der Waals surface area contributed by atoms with E-state index in [2.05, 4.69) is 83.9 Å². The smallest absolute Gasteiger partial charge is 0.119 e. The van der Waals surface area contributed by atoms with Gasteiger partial charge >= 0.3 is 0 Å². The monoisotopic (exact) mass is 481 g/mol. The lowest BCUT2D eigenvalue weighted by atomic mass is 9.90. The van der Waals surface area contributed by atoms with E-state index < -0.39 is 0 Å². The molecule has 176 valence electrons. The Balaban J connectivity index is 1.39. The molecule has 0 amide bonds. The number of benzene rings is 4. The summed E-state index contributed by atoms with van der Waals surface area (Å²) in [5.41, 5.74) is 4.81. The van der Waals surface area contributed by atoms with Crippen LogP contribution in [0, 0.1) is 0 Å². The van der Waals surface area contributed by atoms with E-state index in [-0.39, 0.29) is 0 Å². The fraction of sp³-hybridized carbons (Fsp3) is 0.161. The Hall–Kier alpha value is -3.69. The zero-order valence-corrected chi connectivity index (χ0v) is 20.5. The first-order chi connectivity index (χ1) is 17.2. The van der Waals surface area contributed by atoms with Crippen molar-refractivity contribution in [3.8, 4) is 22.6 Å². The number of halogens is 1. The van der Waals surface area contributed by atoms with Gasteiger partial charge in [0.05, 0.1) is 13.7 Å². The summed E-state index contributed by atoms with van der Waals surface area (Å²) in [6.07, 6.45) is 9.18. The molecule has 4 aromatic carbocycles. The lowest BCUT2D eigenvalue weighted by Crippen LogP contribution is -2.24. The second-order valence-corrected chi connectivity index (χ2v) is 9.06. The maximum Gasteiger partial charge on any atom is 0.119 e. The Kier molecular flexibility index (Phi) is 7.06. The van der Waals surface area contributed by atoms with Crippen LogP contribution in [-0.4, -0.2) is 31.7 Å². The molecule has 35 heavy (non-hydrogen) atoms. The van der Waals surface area contributed by atoms with Crippen molar-refractivity contribution in [3.63, 3.8) is 0 Å². The minimum absolute atomic E-state index is 0.654. The van der Waals surface area contributed by atoms with Gasteiger partial charge in [-0.05, 0) is 88.1 Å². The topological polar surface area (TPSA) is 21.7 Å². The first-order valence-corrected chi connectivity index (χ1v) is 12.2. The van der Waals surface area contributed by atoms with Gasteiger partial charge in [0.2, 0.25) is 0 Å². The number of fused-ring (bicyclic) bond motifs is 1.